The second-order valence-corrected chi connectivity index (χ2v) is 9.03. The van der Waals surface area contributed by atoms with Gasteiger partial charge in [-0.3, -0.25) is 0 Å². The lowest BCUT2D eigenvalue weighted by Crippen LogP contribution is -2.30. The molecule has 8 heteroatoms. The standard InChI is InChI=1S/C23H26F3N3O2/c24-16-10-19(23(26)20(25)11-16)21-1-2-22(29-28-21)27-17-8-14-5-13(6-15(14)9-17)7-18-12-30-3-4-31-18/h1-2,10-11,13-15,17-18H,3-9,12H2,(H,27,29)/t13?,14-,15+,17+,18?. The van der Waals surface area contributed by atoms with Crippen LogP contribution < -0.4 is 5.32 Å². The van der Waals surface area contributed by atoms with Crippen LogP contribution in [0.5, 0.6) is 0 Å². The smallest absolute Gasteiger partial charge is 0.168 e. The number of nitrogens with zero attached hydrogens (tertiary/aromatic N) is 2. The van der Waals surface area contributed by atoms with Crippen LogP contribution in [0.4, 0.5) is 19.0 Å². The Morgan fingerprint density at radius 1 is 0.968 bits per heavy atom. The second kappa shape index (κ2) is 8.74. The van der Waals surface area contributed by atoms with E-state index < -0.39 is 17.5 Å². The summed E-state index contributed by atoms with van der Waals surface area (Å²) in [5.41, 5.74) is -0.133. The molecule has 166 valence electrons. The molecule has 5 atom stereocenters. The van der Waals surface area contributed by atoms with Crippen molar-refractivity contribution in [2.45, 2.75) is 44.2 Å². The van der Waals surface area contributed by atoms with Crippen molar-refractivity contribution in [3.05, 3.63) is 41.7 Å². The molecule has 1 saturated heterocycles. The molecule has 3 aliphatic rings. The van der Waals surface area contributed by atoms with Gasteiger partial charge in [0, 0.05) is 17.7 Å². The lowest BCUT2D eigenvalue weighted by molar-refractivity contribution is -0.0957. The fraction of sp³-hybridized carbons (Fsp3) is 0.565. The average Bonchev–Trinajstić information content (AvgIpc) is 3.30. The highest BCUT2D eigenvalue weighted by atomic mass is 19.2. The monoisotopic (exact) mass is 433 g/mol. The molecule has 2 saturated carbocycles. The van der Waals surface area contributed by atoms with Gasteiger partial charge < -0.3 is 14.8 Å². The van der Waals surface area contributed by atoms with Gasteiger partial charge in [-0.15, -0.1) is 10.2 Å². The van der Waals surface area contributed by atoms with Crippen LogP contribution in [-0.2, 0) is 9.47 Å². The first-order valence-electron chi connectivity index (χ1n) is 11.0. The molecule has 2 aromatic rings. The maximum absolute atomic E-state index is 14.0. The van der Waals surface area contributed by atoms with E-state index in [1.165, 1.54) is 18.9 Å². The molecule has 2 heterocycles. The zero-order valence-electron chi connectivity index (χ0n) is 17.2. The highest BCUT2D eigenvalue weighted by molar-refractivity contribution is 5.60. The fourth-order valence-electron chi connectivity index (χ4n) is 5.60. The molecule has 5 rings (SSSR count). The minimum atomic E-state index is -1.24. The van der Waals surface area contributed by atoms with Crippen molar-refractivity contribution in [1.82, 2.24) is 10.2 Å². The van der Waals surface area contributed by atoms with E-state index in [1.807, 2.05) is 0 Å². The molecule has 0 bridgehead atoms. The third-order valence-corrected chi connectivity index (χ3v) is 6.88. The summed E-state index contributed by atoms with van der Waals surface area (Å²) < 4.78 is 52.2. The van der Waals surface area contributed by atoms with E-state index in [2.05, 4.69) is 15.5 Å². The number of rotatable bonds is 5. The van der Waals surface area contributed by atoms with E-state index >= 15 is 0 Å². The van der Waals surface area contributed by atoms with Crippen LogP contribution in [-0.4, -0.2) is 42.2 Å². The topological polar surface area (TPSA) is 56.3 Å². The molecule has 1 N–H and O–H groups in total. The van der Waals surface area contributed by atoms with Crippen LogP contribution in [0.2, 0.25) is 0 Å². The number of aromatic nitrogens is 2. The summed E-state index contributed by atoms with van der Waals surface area (Å²) in [6.45, 7) is 2.13. The molecule has 1 aliphatic heterocycles. The van der Waals surface area contributed by atoms with Crippen LogP contribution in [0.15, 0.2) is 24.3 Å². The summed E-state index contributed by atoms with van der Waals surface area (Å²) in [5.74, 6) is -0.487. The SMILES string of the molecule is Fc1cc(F)c(F)c(-c2ccc(N[C@H]3C[C@H]4CC(CC5COCCO5)C[C@H]4C3)nn2)c1. The first kappa shape index (κ1) is 20.7. The lowest BCUT2D eigenvalue weighted by atomic mass is 9.95. The largest absolute Gasteiger partial charge is 0.376 e. The quantitative estimate of drug-likeness (QED) is 0.700. The van der Waals surface area contributed by atoms with Crippen molar-refractivity contribution < 1.29 is 22.6 Å². The van der Waals surface area contributed by atoms with Crippen molar-refractivity contribution in [1.29, 1.82) is 0 Å². The van der Waals surface area contributed by atoms with E-state index in [0.717, 1.165) is 31.9 Å². The highest BCUT2D eigenvalue weighted by Gasteiger charge is 2.42. The zero-order chi connectivity index (χ0) is 21.4. The van der Waals surface area contributed by atoms with E-state index in [4.69, 9.17) is 9.47 Å². The van der Waals surface area contributed by atoms with Gasteiger partial charge in [0.05, 0.1) is 31.6 Å². The molecule has 1 aromatic heterocycles. The Morgan fingerprint density at radius 2 is 1.77 bits per heavy atom. The number of nitrogens with one attached hydrogen (secondary N) is 1. The van der Waals surface area contributed by atoms with Crippen molar-refractivity contribution in [3.63, 3.8) is 0 Å². The molecular weight excluding hydrogens is 407 g/mol. The summed E-state index contributed by atoms with van der Waals surface area (Å²) in [7, 11) is 0. The Labute approximate surface area is 179 Å². The van der Waals surface area contributed by atoms with Gasteiger partial charge in [-0.1, -0.05) is 0 Å². The van der Waals surface area contributed by atoms with E-state index in [0.29, 0.717) is 48.9 Å². The van der Waals surface area contributed by atoms with Gasteiger partial charge in [-0.25, -0.2) is 13.2 Å². The number of benzene rings is 1. The predicted octanol–water partition coefficient (Wildman–Crippen LogP) is 4.58. The van der Waals surface area contributed by atoms with Gasteiger partial charge in [-0.05, 0) is 68.1 Å². The number of ether oxygens (including phenoxy) is 2. The molecule has 2 aliphatic carbocycles. The fourth-order valence-corrected chi connectivity index (χ4v) is 5.60. The normalized spacial score (nSPS) is 30.4. The third kappa shape index (κ3) is 4.55. The minimum absolute atomic E-state index is 0.0986. The molecule has 31 heavy (non-hydrogen) atoms. The third-order valence-electron chi connectivity index (χ3n) is 6.88. The molecule has 5 nitrogen and oxygen atoms in total. The van der Waals surface area contributed by atoms with Gasteiger partial charge in [0.2, 0.25) is 0 Å². The molecule has 0 amide bonds. The Morgan fingerprint density at radius 3 is 2.45 bits per heavy atom. The molecule has 1 aromatic carbocycles. The van der Waals surface area contributed by atoms with Crippen LogP contribution in [0.3, 0.4) is 0 Å². The van der Waals surface area contributed by atoms with Crippen molar-refractivity contribution in [3.8, 4) is 11.3 Å². The first-order chi connectivity index (χ1) is 15.0. The molecule has 2 unspecified atom stereocenters. The minimum Gasteiger partial charge on any atom is -0.376 e. The van der Waals surface area contributed by atoms with Crippen molar-refractivity contribution >= 4 is 5.82 Å². The number of fused-ring (bicyclic) bond motifs is 1. The second-order valence-electron chi connectivity index (χ2n) is 9.03. The van der Waals surface area contributed by atoms with Gasteiger partial charge in [-0.2, -0.15) is 0 Å². The maximum Gasteiger partial charge on any atom is 0.168 e. The van der Waals surface area contributed by atoms with Crippen LogP contribution in [0.25, 0.3) is 11.3 Å². The van der Waals surface area contributed by atoms with E-state index in [1.54, 1.807) is 6.07 Å². The Balaban J connectivity index is 1.16. The lowest BCUT2D eigenvalue weighted by Gasteiger charge is -2.26. The van der Waals surface area contributed by atoms with Crippen molar-refractivity contribution in [2.75, 3.05) is 25.1 Å². The van der Waals surface area contributed by atoms with Gasteiger partial charge in [0.1, 0.15) is 11.6 Å². The van der Waals surface area contributed by atoms with Gasteiger partial charge >= 0.3 is 0 Å². The zero-order valence-corrected chi connectivity index (χ0v) is 17.2. The summed E-state index contributed by atoms with van der Waals surface area (Å²) in [6.07, 6.45) is 5.99. The summed E-state index contributed by atoms with van der Waals surface area (Å²) >= 11 is 0. The van der Waals surface area contributed by atoms with Crippen molar-refractivity contribution in [2.24, 2.45) is 17.8 Å². The number of anilines is 1. The summed E-state index contributed by atoms with van der Waals surface area (Å²) in [4.78, 5) is 0. The van der Waals surface area contributed by atoms with Gasteiger partial charge in [0.15, 0.2) is 11.6 Å². The van der Waals surface area contributed by atoms with Gasteiger partial charge in [0.25, 0.3) is 0 Å². The van der Waals surface area contributed by atoms with E-state index in [-0.39, 0.29) is 17.4 Å². The number of halogens is 3. The number of hydrogen-bond acceptors (Lipinski definition) is 5. The maximum atomic E-state index is 14.0. The Hall–Kier alpha value is -2.19. The summed E-state index contributed by atoms with van der Waals surface area (Å²) in [5, 5.41) is 11.5. The van der Waals surface area contributed by atoms with Crippen LogP contribution in [0.1, 0.15) is 32.1 Å². The molecule has 0 radical (unpaired) electrons. The first-order valence-corrected chi connectivity index (χ1v) is 11.0. The van der Waals surface area contributed by atoms with Crippen LogP contribution in [0, 0.1) is 35.2 Å². The summed E-state index contributed by atoms with van der Waals surface area (Å²) in [6, 6.07) is 4.98. The van der Waals surface area contributed by atoms with Crippen LogP contribution >= 0.6 is 0 Å². The molecule has 3 fully saturated rings. The predicted molar refractivity (Wildman–Crippen MR) is 109 cm³/mol. The Bertz CT molecular complexity index is 907. The van der Waals surface area contributed by atoms with E-state index in [9.17, 15) is 13.2 Å². The number of hydrogen-bond donors (Lipinski definition) is 1. The molecule has 0 spiro atoms. The Kier molecular flexibility index (Phi) is 5.84. The highest BCUT2D eigenvalue weighted by Crippen LogP contribution is 2.49. The average molecular weight is 433 g/mol. The molecular formula is C23H26F3N3O2.